The van der Waals surface area contributed by atoms with E-state index in [1.165, 1.54) is 14.2 Å². The molecule has 0 radical (unpaired) electrons. The Morgan fingerprint density at radius 2 is 1.47 bits per heavy atom. The van der Waals surface area contributed by atoms with Crippen molar-refractivity contribution in [3.63, 3.8) is 0 Å². The van der Waals surface area contributed by atoms with Gasteiger partial charge in [0.2, 0.25) is 0 Å². The number of anilines is 2. The number of amides is 1. The van der Waals surface area contributed by atoms with Crippen LogP contribution in [0, 0.1) is 0 Å². The van der Waals surface area contributed by atoms with Gasteiger partial charge in [0.15, 0.2) is 25.1 Å². The summed E-state index contributed by atoms with van der Waals surface area (Å²) < 4.78 is 32.4. The van der Waals surface area contributed by atoms with E-state index in [1.807, 2.05) is 13.8 Å². The van der Waals surface area contributed by atoms with E-state index in [0.717, 1.165) is 0 Å². The minimum Gasteiger partial charge on any atom is -0.497 e. The first-order valence-electron chi connectivity index (χ1n) is 10.2. The summed E-state index contributed by atoms with van der Waals surface area (Å²) in [6.45, 7) is 4.97. The first-order valence-corrected chi connectivity index (χ1v) is 10.2. The normalized spacial score (nSPS) is 10.4. The molecule has 2 aromatic rings. The van der Waals surface area contributed by atoms with Gasteiger partial charge in [-0.25, -0.2) is 0 Å². The molecule has 0 aromatic heterocycles. The Labute approximate surface area is 189 Å². The van der Waals surface area contributed by atoms with Gasteiger partial charge in [-0.1, -0.05) is 0 Å². The van der Waals surface area contributed by atoms with E-state index in [0.29, 0.717) is 53.0 Å². The number of benzene rings is 2. The third kappa shape index (κ3) is 6.18. The molecule has 0 spiro atoms. The van der Waals surface area contributed by atoms with Crippen LogP contribution in [0.4, 0.5) is 11.4 Å². The molecule has 0 atom stereocenters. The second-order valence-electron chi connectivity index (χ2n) is 6.62. The van der Waals surface area contributed by atoms with Crippen molar-refractivity contribution in [1.29, 1.82) is 0 Å². The molecule has 9 nitrogen and oxygen atoms in total. The summed E-state index contributed by atoms with van der Waals surface area (Å²) in [5.74, 6) is 1.76. The van der Waals surface area contributed by atoms with Crippen LogP contribution in [0.3, 0.4) is 0 Å². The number of ether oxygens (including phenoxy) is 6. The number of nitrogens with zero attached hydrogens (tertiary/aromatic N) is 1. The zero-order valence-corrected chi connectivity index (χ0v) is 19.5. The molecule has 2 aromatic carbocycles. The van der Waals surface area contributed by atoms with Crippen molar-refractivity contribution >= 4 is 17.3 Å². The third-order valence-electron chi connectivity index (χ3n) is 4.68. The lowest BCUT2D eigenvalue weighted by Crippen LogP contribution is -2.31. The zero-order chi connectivity index (χ0) is 23.5. The van der Waals surface area contributed by atoms with E-state index in [1.54, 1.807) is 49.5 Å². The lowest BCUT2D eigenvalue weighted by Gasteiger charge is -2.24. The highest BCUT2D eigenvalue weighted by Gasteiger charge is 2.24. The van der Waals surface area contributed by atoms with Gasteiger partial charge in [0.25, 0.3) is 5.91 Å². The Morgan fingerprint density at radius 3 is 2.00 bits per heavy atom. The molecule has 0 aliphatic carbocycles. The van der Waals surface area contributed by atoms with Crippen molar-refractivity contribution in [3.8, 4) is 23.0 Å². The Kier molecular flexibility index (Phi) is 9.90. The number of methoxy groups -OCH3 is 4. The Morgan fingerprint density at radius 1 is 0.875 bits per heavy atom. The molecular formula is C23H32N2O7. The number of carbonyl (C=O) groups is 1. The maximum atomic E-state index is 13.3. The summed E-state index contributed by atoms with van der Waals surface area (Å²) in [7, 11) is 6.18. The first-order chi connectivity index (χ1) is 15.5. The molecule has 0 fully saturated rings. The van der Waals surface area contributed by atoms with Crippen LogP contribution in [0.25, 0.3) is 0 Å². The average Bonchev–Trinajstić information content (AvgIpc) is 2.82. The molecule has 32 heavy (non-hydrogen) atoms. The van der Waals surface area contributed by atoms with Crippen LogP contribution in [-0.4, -0.2) is 65.9 Å². The van der Waals surface area contributed by atoms with Crippen molar-refractivity contribution in [2.24, 2.45) is 0 Å². The largest absolute Gasteiger partial charge is 0.497 e. The summed E-state index contributed by atoms with van der Waals surface area (Å²) in [6.07, 6.45) is 0. The van der Waals surface area contributed by atoms with Crippen molar-refractivity contribution in [3.05, 3.63) is 35.9 Å². The highest BCUT2D eigenvalue weighted by atomic mass is 16.7. The Balaban J connectivity index is 2.66. The topological polar surface area (TPSA) is 87.7 Å². The molecule has 0 aliphatic heterocycles. The molecule has 9 heteroatoms. The van der Waals surface area contributed by atoms with E-state index in [2.05, 4.69) is 5.32 Å². The first kappa shape index (κ1) is 25.1. The van der Waals surface area contributed by atoms with Crippen LogP contribution in [0.5, 0.6) is 23.0 Å². The van der Waals surface area contributed by atoms with Gasteiger partial charge in [-0.05, 0) is 26.0 Å². The smallest absolute Gasteiger partial charge is 0.256 e. The summed E-state index contributed by atoms with van der Waals surface area (Å²) in [5.41, 5.74) is 1.50. The van der Waals surface area contributed by atoms with Crippen LogP contribution in [0.2, 0.25) is 0 Å². The van der Waals surface area contributed by atoms with Gasteiger partial charge < -0.3 is 38.6 Å². The van der Waals surface area contributed by atoms with Crippen molar-refractivity contribution in [2.75, 3.05) is 60.4 Å². The summed E-state index contributed by atoms with van der Waals surface area (Å²) in [5, 5.41) is 3.29. The van der Waals surface area contributed by atoms with Gasteiger partial charge in [-0.3, -0.25) is 4.79 Å². The SMILES string of the molecule is CCN(CC)C(=O)c1ccc(OCOC)c(OCOC)c1Nc1cc(OC)cc(OC)c1. The standard InChI is InChI=1S/C23H32N2O7/c1-7-25(8-2)23(26)19-9-10-20(31-14-27-3)22(32-15-28-4)21(19)24-16-11-17(29-5)13-18(12-16)30-6/h9-13,24H,7-8,14-15H2,1-6H3. The van der Waals surface area contributed by atoms with Gasteiger partial charge in [0.1, 0.15) is 11.5 Å². The molecular weight excluding hydrogens is 416 g/mol. The molecule has 0 heterocycles. The summed E-state index contributed by atoms with van der Waals surface area (Å²) in [6, 6.07) is 8.71. The number of hydrogen-bond acceptors (Lipinski definition) is 8. The predicted octanol–water partition coefficient (Wildman–Crippen LogP) is 3.89. The van der Waals surface area contributed by atoms with Crippen LogP contribution >= 0.6 is 0 Å². The molecule has 176 valence electrons. The molecule has 0 unspecified atom stereocenters. The number of carbonyl (C=O) groups excluding carboxylic acids is 1. The molecule has 1 amide bonds. The highest BCUT2D eigenvalue weighted by molar-refractivity contribution is 6.02. The van der Waals surface area contributed by atoms with Crippen LogP contribution < -0.4 is 24.3 Å². The molecule has 0 saturated carbocycles. The van der Waals surface area contributed by atoms with Crippen LogP contribution in [-0.2, 0) is 9.47 Å². The van der Waals surface area contributed by atoms with Crippen molar-refractivity contribution in [2.45, 2.75) is 13.8 Å². The maximum Gasteiger partial charge on any atom is 0.256 e. The molecule has 0 aliphatic rings. The van der Waals surface area contributed by atoms with Gasteiger partial charge in [0, 0.05) is 51.2 Å². The minimum atomic E-state index is -0.145. The number of hydrogen-bond donors (Lipinski definition) is 1. The fourth-order valence-electron chi connectivity index (χ4n) is 3.07. The number of nitrogens with one attached hydrogen (secondary N) is 1. The van der Waals surface area contributed by atoms with Crippen LogP contribution in [0.1, 0.15) is 24.2 Å². The van der Waals surface area contributed by atoms with E-state index >= 15 is 0 Å². The second kappa shape index (κ2) is 12.6. The molecule has 0 bridgehead atoms. The van der Waals surface area contributed by atoms with Gasteiger partial charge in [-0.2, -0.15) is 0 Å². The number of rotatable bonds is 13. The highest BCUT2D eigenvalue weighted by Crippen LogP contribution is 2.41. The monoisotopic (exact) mass is 448 g/mol. The maximum absolute atomic E-state index is 13.3. The second-order valence-corrected chi connectivity index (χ2v) is 6.62. The quantitative estimate of drug-likeness (QED) is 0.462. The van der Waals surface area contributed by atoms with E-state index in [9.17, 15) is 4.79 Å². The zero-order valence-electron chi connectivity index (χ0n) is 19.5. The Bertz CT molecular complexity index is 863. The lowest BCUT2D eigenvalue weighted by atomic mass is 10.1. The molecule has 1 N–H and O–H groups in total. The fraction of sp³-hybridized carbons (Fsp3) is 0.435. The fourth-order valence-corrected chi connectivity index (χ4v) is 3.07. The van der Waals surface area contributed by atoms with E-state index in [-0.39, 0.29) is 19.5 Å². The van der Waals surface area contributed by atoms with Gasteiger partial charge in [0.05, 0.1) is 25.5 Å². The predicted molar refractivity (Wildman–Crippen MR) is 122 cm³/mol. The van der Waals surface area contributed by atoms with Gasteiger partial charge in [-0.15, -0.1) is 0 Å². The van der Waals surface area contributed by atoms with E-state index in [4.69, 9.17) is 28.4 Å². The molecule has 0 saturated heterocycles. The van der Waals surface area contributed by atoms with Crippen molar-refractivity contribution in [1.82, 2.24) is 4.90 Å². The Hall–Kier alpha value is -3.17. The summed E-state index contributed by atoms with van der Waals surface area (Å²) >= 11 is 0. The average molecular weight is 449 g/mol. The van der Waals surface area contributed by atoms with Gasteiger partial charge >= 0.3 is 0 Å². The summed E-state index contributed by atoms with van der Waals surface area (Å²) in [4.78, 5) is 15.0. The lowest BCUT2D eigenvalue weighted by molar-refractivity contribution is 0.0326. The third-order valence-corrected chi connectivity index (χ3v) is 4.68. The van der Waals surface area contributed by atoms with Crippen molar-refractivity contribution < 1.29 is 33.2 Å². The van der Waals surface area contributed by atoms with E-state index < -0.39 is 0 Å². The van der Waals surface area contributed by atoms with Crippen LogP contribution in [0.15, 0.2) is 30.3 Å². The minimum absolute atomic E-state index is 0.0130. The molecule has 2 rings (SSSR count).